The SMILES string of the molecule is O=S(=O)(c1cnc(Oc2cc(F)cc(F)c2)c2c1CCC2)C(F)F. The molecule has 0 spiro atoms. The summed E-state index contributed by atoms with van der Waals surface area (Å²) in [6.45, 7) is 0. The van der Waals surface area contributed by atoms with Crippen molar-refractivity contribution < 1.29 is 30.7 Å². The first-order chi connectivity index (χ1) is 11.3. The lowest BCUT2D eigenvalue weighted by atomic mass is 10.2. The molecule has 0 N–H and O–H groups in total. The van der Waals surface area contributed by atoms with E-state index in [4.69, 9.17) is 4.74 Å². The van der Waals surface area contributed by atoms with E-state index in [2.05, 4.69) is 4.98 Å². The molecule has 0 amide bonds. The maximum absolute atomic E-state index is 13.2. The van der Waals surface area contributed by atoms with Crippen LogP contribution in [0.4, 0.5) is 17.6 Å². The summed E-state index contributed by atoms with van der Waals surface area (Å²) < 4.78 is 80.7. The molecule has 1 aromatic heterocycles. The van der Waals surface area contributed by atoms with Crippen LogP contribution in [0.5, 0.6) is 11.6 Å². The monoisotopic (exact) mass is 361 g/mol. The molecule has 0 unspecified atom stereocenters. The highest BCUT2D eigenvalue weighted by atomic mass is 32.2. The van der Waals surface area contributed by atoms with Crippen molar-refractivity contribution in [2.24, 2.45) is 0 Å². The Morgan fingerprint density at radius 2 is 1.67 bits per heavy atom. The first-order valence-electron chi connectivity index (χ1n) is 6.96. The van der Waals surface area contributed by atoms with Gasteiger partial charge in [0.1, 0.15) is 17.4 Å². The van der Waals surface area contributed by atoms with Crippen molar-refractivity contribution in [2.75, 3.05) is 0 Å². The van der Waals surface area contributed by atoms with E-state index in [1.54, 1.807) is 0 Å². The molecule has 1 aromatic carbocycles. The molecular formula is C15H11F4NO3S. The fourth-order valence-electron chi connectivity index (χ4n) is 2.65. The molecule has 9 heteroatoms. The van der Waals surface area contributed by atoms with Gasteiger partial charge in [0.15, 0.2) is 0 Å². The van der Waals surface area contributed by atoms with Crippen molar-refractivity contribution in [1.29, 1.82) is 0 Å². The second-order valence-electron chi connectivity index (χ2n) is 5.25. The standard InChI is InChI=1S/C15H11F4NO3S/c16-8-4-9(17)6-10(5-8)23-14-12-3-1-2-11(12)13(7-20-14)24(21,22)15(18)19/h4-7,15H,1-3H2. The molecule has 1 aliphatic carbocycles. The lowest BCUT2D eigenvalue weighted by Crippen LogP contribution is -2.14. The topological polar surface area (TPSA) is 56.3 Å². The smallest absolute Gasteiger partial charge is 0.341 e. The van der Waals surface area contributed by atoms with Crippen molar-refractivity contribution in [1.82, 2.24) is 4.98 Å². The van der Waals surface area contributed by atoms with E-state index in [0.29, 0.717) is 24.5 Å². The molecule has 0 saturated heterocycles. The number of nitrogens with zero attached hydrogens (tertiary/aromatic N) is 1. The summed E-state index contributed by atoms with van der Waals surface area (Å²) in [5, 5.41) is 0. The van der Waals surface area contributed by atoms with Crippen molar-refractivity contribution in [3.63, 3.8) is 0 Å². The Morgan fingerprint density at radius 1 is 1.04 bits per heavy atom. The molecule has 2 aromatic rings. The fraction of sp³-hybridized carbons (Fsp3) is 0.267. The molecule has 128 valence electrons. The molecular weight excluding hydrogens is 350 g/mol. The maximum Gasteiger partial charge on any atom is 0.341 e. The van der Waals surface area contributed by atoms with Crippen LogP contribution in [0.1, 0.15) is 17.5 Å². The number of halogens is 4. The number of alkyl halides is 2. The summed E-state index contributed by atoms with van der Waals surface area (Å²) in [5.41, 5.74) is 0.582. The molecule has 0 saturated carbocycles. The van der Waals surface area contributed by atoms with Gasteiger partial charge in [0.25, 0.3) is 0 Å². The Balaban J connectivity index is 2.04. The van der Waals surface area contributed by atoms with E-state index in [0.717, 1.165) is 18.3 Å². The highest BCUT2D eigenvalue weighted by molar-refractivity contribution is 7.91. The third-order valence-corrected chi connectivity index (χ3v) is 5.10. The van der Waals surface area contributed by atoms with E-state index >= 15 is 0 Å². The molecule has 3 rings (SSSR count). The highest BCUT2D eigenvalue weighted by Gasteiger charge is 2.33. The Kier molecular flexibility index (Phi) is 4.20. The van der Waals surface area contributed by atoms with Gasteiger partial charge < -0.3 is 4.74 Å². The lowest BCUT2D eigenvalue weighted by Gasteiger charge is -2.13. The van der Waals surface area contributed by atoms with E-state index in [9.17, 15) is 26.0 Å². The minimum atomic E-state index is -4.78. The zero-order valence-electron chi connectivity index (χ0n) is 12.1. The first kappa shape index (κ1) is 16.7. The number of fused-ring (bicyclic) bond motifs is 1. The zero-order chi connectivity index (χ0) is 17.5. The largest absolute Gasteiger partial charge is 0.439 e. The molecule has 0 aliphatic heterocycles. The minimum absolute atomic E-state index is 0.0410. The molecule has 0 atom stereocenters. The Bertz CT molecular complexity index is 880. The summed E-state index contributed by atoms with van der Waals surface area (Å²) >= 11 is 0. The van der Waals surface area contributed by atoms with Gasteiger partial charge >= 0.3 is 5.76 Å². The van der Waals surface area contributed by atoms with Crippen LogP contribution in [-0.4, -0.2) is 19.2 Å². The molecule has 0 fully saturated rings. The minimum Gasteiger partial charge on any atom is -0.439 e. The summed E-state index contributed by atoms with van der Waals surface area (Å²) in [6.07, 6.45) is 2.01. The molecule has 0 bridgehead atoms. The second-order valence-corrected chi connectivity index (χ2v) is 7.14. The number of hydrogen-bond donors (Lipinski definition) is 0. The number of aromatic nitrogens is 1. The van der Waals surface area contributed by atoms with Gasteiger partial charge in [0.2, 0.25) is 15.7 Å². The molecule has 4 nitrogen and oxygen atoms in total. The third kappa shape index (κ3) is 2.95. The Hall–Kier alpha value is -2.16. The van der Waals surface area contributed by atoms with Crippen LogP contribution in [0.2, 0.25) is 0 Å². The Labute approximate surface area is 135 Å². The highest BCUT2D eigenvalue weighted by Crippen LogP contribution is 2.37. The third-order valence-electron chi connectivity index (χ3n) is 3.66. The number of hydrogen-bond acceptors (Lipinski definition) is 4. The van der Waals surface area contributed by atoms with E-state index in [-0.39, 0.29) is 23.6 Å². The van der Waals surface area contributed by atoms with Crippen molar-refractivity contribution in [3.8, 4) is 11.6 Å². The Morgan fingerprint density at radius 3 is 2.29 bits per heavy atom. The van der Waals surface area contributed by atoms with Gasteiger partial charge in [-0.15, -0.1) is 0 Å². The first-order valence-corrected chi connectivity index (χ1v) is 8.50. The lowest BCUT2D eigenvalue weighted by molar-refractivity contribution is 0.234. The van der Waals surface area contributed by atoms with Crippen LogP contribution in [0, 0.1) is 11.6 Å². The van der Waals surface area contributed by atoms with Gasteiger partial charge in [-0.05, 0) is 24.8 Å². The molecule has 0 radical (unpaired) electrons. The number of sulfone groups is 1. The van der Waals surface area contributed by atoms with Gasteiger partial charge in [-0.2, -0.15) is 8.78 Å². The summed E-state index contributed by atoms with van der Waals surface area (Å²) in [4.78, 5) is 3.25. The van der Waals surface area contributed by atoms with E-state index < -0.39 is 32.1 Å². The molecule has 24 heavy (non-hydrogen) atoms. The quantitative estimate of drug-likeness (QED) is 0.781. The van der Waals surface area contributed by atoms with Crippen molar-refractivity contribution >= 4 is 9.84 Å². The van der Waals surface area contributed by atoms with Crippen molar-refractivity contribution in [3.05, 3.63) is 47.2 Å². The van der Waals surface area contributed by atoms with Crippen LogP contribution in [-0.2, 0) is 22.7 Å². The van der Waals surface area contributed by atoms with Gasteiger partial charge in [0, 0.05) is 23.8 Å². The summed E-state index contributed by atoms with van der Waals surface area (Å²) in [5.74, 6) is -5.44. The predicted molar refractivity (Wildman–Crippen MR) is 75.9 cm³/mol. The average Bonchev–Trinajstić information content (AvgIpc) is 2.95. The molecule has 1 heterocycles. The van der Waals surface area contributed by atoms with E-state index in [1.807, 2.05) is 0 Å². The van der Waals surface area contributed by atoms with Gasteiger partial charge in [0.05, 0.1) is 11.1 Å². The van der Waals surface area contributed by atoms with E-state index in [1.165, 1.54) is 0 Å². The average molecular weight is 361 g/mol. The predicted octanol–water partition coefficient (Wildman–Crippen LogP) is 3.64. The number of ether oxygens (including phenoxy) is 1. The van der Waals surface area contributed by atoms with Crippen LogP contribution in [0.15, 0.2) is 29.3 Å². The second kappa shape index (κ2) is 6.04. The molecule has 1 aliphatic rings. The van der Waals surface area contributed by atoms with Gasteiger partial charge in [-0.25, -0.2) is 22.2 Å². The van der Waals surface area contributed by atoms with Crippen LogP contribution < -0.4 is 4.74 Å². The number of rotatable bonds is 4. The maximum atomic E-state index is 13.2. The fourth-order valence-corrected chi connectivity index (χ4v) is 3.61. The van der Waals surface area contributed by atoms with Crippen LogP contribution >= 0.6 is 0 Å². The van der Waals surface area contributed by atoms with Crippen LogP contribution in [0.25, 0.3) is 0 Å². The summed E-state index contributed by atoms with van der Waals surface area (Å²) in [6, 6.07) is 2.55. The van der Waals surface area contributed by atoms with Gasteiger partial charge in [-0.3, -0.25) is 0 Å². The normalized spacial score (nSPS) is 14.0. The van der Waals surface area contributed by atoms with Crippen molar-refractivity contribution in [2.45, 2.75) is 29.9 Å². The number of benzene rings is 1. The zero-order valence-corrected chi connectivity index (χ0v) is 12.9. The van der Waals surface area contributed by atoms with Gasteiger partial charge in [-0.1, -0.05) is 0 Å². The number of pyridine rings is 1. The van der Waals surface area contributed by atoms with Crippen LogP contribution in [0.3, 0.4) is 0 Å². The summed E-state index contributed by atoms with van der Waals surface area (Å²) in [7, 11) is -4.78.